The molecule has 1 saturated heterocycles. The van der Waals surface area contributed by atoms with Crippen LogP contribution in [0.25, 0.3) is 0 Å². The van der Waals surface area contributed by atoms with Gasteiger partial charge in [0.2, 0.25) is 10.0 Å². The second-order valence-corrected chi connectivity index (χ2v) is 6.59. The molecule has 0 spiro atoms. The summed E-state index contributed by atoms with van der Waals surface area (Å²) in [5, 5.41) is 0. The largest absolute Gasteiger partial charge is 0.492 e. The number of benzene rings is 1. The molecule has 0 bridgehead atoms. The number of ether oxygens (including phenoxy) is 2. The van der Waals surface area contributed by atoms with Crippen LogP contribution in [0.15, 0.2) is 29.2 Å². The molecule has 1 unspecified atom stereocenters. The lowest BCUT2D eigenvalue weighted by molar-refractivity contribution is 0.0102. The number of sulfonamides is 1. The van der Waals surface area contributed by atoms with E-state index >= 15 is 0 Å². The quantitative estimate of drug-likeness (QED) is 0.853. The summed E-state index contributed by atoms with van der Waals surface area (Å²) in [7, 11) is -3.46. The van der Waals surface area contributed by atoms with E-state index in [1.807, 2.05) is 6.92 Å². The smallest absolute Gasteiger partial charge is 0.243 e. The minimum atomic E-state index is -3.46. The van der Waals surface area contributed by atoms with Gasteiger partial charge in [0.25, 0.3) is 0 Å². The van der Waals surface area contributed by atoms with Crippen LogP contribution in [-0.2, 0) is 14.8 Å². The highest BCUT2D eigenvalue weighted by atomic mass is 32.2. The van der Waals surface area contributed by atoms with Gasteiger partial charge in [-0.25, -0.2) is 8.42 Å². The lowest BCUT2D eigenvalue weighted by atomic mass is 10.3. The van der Waals surface area contributed by atoms with Crippen LogP contribution in [0.4, 0.5) is 0 Å². The maximum atomic E-state index is 12.5. The molecule has 20 heavy (non-hydrogen) atoms. The van der Waals surface area contributed by atoms with E-state index in [9.17, 15) is 8.42 Å². The molecule has 112 valence electrons. The van der Waals surface area contributed by atoms with Gasteiger partial charge >= 0.3 is 0 Å². The molecule has 1 aromatic rings. The molecule has 1 fully saturated rings. The minimum absolute atomic E-state index is 0.0781. The van der Waals surface area contributed by atoms with Crippen molar-refractivity contribution in [1.82, 2.24) is 4.31 Å². The first kappa shape index (κ1) is 15.2. The molecule has 1 heterocycles. The molecule has 0 radical (unpaired) electrons. The maximum Gasteiger partial charge on any atom is 0.243 e. The second kappa shape index (κ2) is 6.53. The first-order valence-electron chi connectivity index (χ1n) is 6.58. The molecule has 6 nitrogen and oxygen atoms in total. The third kappa shape index (κ3) is 3.49. The van der Waals surface area contributed by atoms with Crippen LogP contribution < -0.4 is 10.5 Å². The Balaban J connectivity index is 2.12. The van der Waals surface area contributed by atoms with E-state index in [1.165, 1.54) is 4.31 Å². The molecular weight excluding hydrogens is 280 g/mol. The van der Waals surface area contributed by atoms with Gasteiger partial charge in [-0.15, -0.1) is 0 Å². The Morgan fingerprint density at radius 3 is 2.70 bits per heavy atom. The Labute approximate surface area is 119 Å². The van der Waals surface area contributed by atoms with Crippen LogP contribution >= 0.6 is 0 Å². The van der Waals surface area contributed by atoms with E-state index in [4.69, 9.17) is 15.2 Å². The standard InChI is InChI=1S/C13H20N2O4S/c1-11-10-15(7-9-18-11)20(16,17)13-4-2-12(3-5-13)19-8-6-14/h2-5,11H,6-10,14H2,1H3. The number of hydrogen-bond donors (Lipinski definition) is 1. The average Bonchev–Trinajstić information content (AvgIpc) is 2.45. The number of morpholine rings is 1. The fourth-order valence-electron chi connectivity index (χ4n) is 2.04. The molecule has 1 aliphatic heterocycles. The number of nitrogens with zero attached hydrogens (tertiary/aromatic N) is 1. The fourth-order valence-corrected chi connectivity index (χ4v) is 3.54. The van der Waals surface area contributed by atoms with E-state index in [1.54, 1.807) is 24.3 Å². The lowest BCUT2D eigenvalue weighted by Gasteiger charge is -2.30. The van der Waals surface area contributed by atoms with Crippen molar-refractivity contribution in [3.8, 4) is 5.75 Å². The monoisotopic (exact) mass is 300 g/mol. The maximum absolute atomic E-state index is 12.5. The number of rotatable bonds is 5. The Bertz CT molecular complexity index is 530. The molecule has 0 saturated carbocycles. The van der Waals surface area contributed by atoms with Crippen LogP contribution in [0.1, 0.15) is 6.92 Å². The van der Waals surface area contributed by atoms with Crippen molar-refractivity contribution in [1.29, 1.82) is 0 Å². The summed E-state index contributed by atoms with van der Waals surface area (Å²) in [5.41, 5.74) is 5.35. The van der Waals surface area contributed by atoms with Gasteiger partial charge in [0.1, 0.15) is 12.4 Å². The van der Waals surface area contributed by atoms with Crippen molar-refractivity contribution in [3.63, 3.8) is 0 Å². The molecule has 0 aromatic heterocycles. The van der Waals surface area contributed by atoms with E-state index in [0.29, 0.717) is 38.6 Å². The van der Waals surface area contributed by atoms with E-state index in [-0.39, 0.29) is 11.0 Å². The van der Waals surface area contributed by atoms with Crippen molar-refractivity contribution < 1.29 is 17.9 Å². The molecule has 1 aromatic carbocycles. The third-order valence-corrected chi connectivity index (χ3v) is 4.93. The van der Waals surface area contributed by atoms with Gasteiger partial charge in [-0.05, 0) is 31.2 Å². The van der Waals surface area contributed by atoms with Crippen LogP contribution in [-0.4, -0.2) is 51.7 Å². The number of hydrogen-bond acceptors (Lipinski definition) is 5. The normalized spacial score (nSPS) is 20.8. The highest BCUT2D eigenvalue weighted by molar-refractivity contribution is 7.89. The van der Waals surface area contributed by atoms with Crippen LogP contribution in [0.3, 0.4) is 0 Å². The van der Waals surface area contributed by atoms with E-state index < -0.39 is 10.0 Å². The molecule has 0 aliphatic carbocycles. The van der Waals surface area contributed by atoms with Gasteiger partial charge in [-0.2, -0.15) is 4.31 Å². The first-order valence-corrected chi connectivity index (χ1v) is 8.02. The van der Waals surface area contributed by atoms with Gasteiger partial charge in [0.05, 0.1) is 17.6 Å². The predicted molar refractivity (Wildman–Crippen MR) is 75.2 cm³/mol. The third-order valence-electron chi connectivity index (χ3n) is 3.05. The van der Waals surface area contributed by atoms with Gasteiger partial charge in [-0.3, -0.25) is 0 Å². The molecule has 0 amide bonds. The Morgan fingerprint density at radius 1 is 1.40 bits per heavy atom. The van der Waals surface area contributed by atoms with Gasteiger partial charge in [0.15, 0.2) is 0 Å². The van der Waals surface area contributed by atoms with Crippen molar-refractivity contribution in [3.05, 3.63) is 24.3 Å². The Hall–Kier alpha value is -1.15. The Morgan fingerprint density at radius 2 is 2.10 bits per heavy atom. The van der Waals surface area contributed by atoms with E-state index in [2.05, 4.69) is 0 Å². The van der Waals surface area contributed by atoms with Crippen LogP contribution in [0.2, 0.25) is 0 Å². The SMILES string of the molecule is CC1CN(S(=O)(=O)c2ccc(OCCN)cc2)CCO1. The summed E-state index contributed by atoms with van der Waals surface area (Å²) in [5.74, 6) is 0.616. The summed E-state index contributed by atoms with van der Waals surface area (Å²) in [6, 6.07) is 6.40. The second-order valence-electron chi connectivity index (χ2n) is 4.65. The topological polar surface area (TPSA) is 81.9 Å². The summed E-state index contributed by atoms with van der Waals surface area (Å²) in [6.45, 7) is 3.90. The summed E-state index contributed by atoms with van der Waals surface area (Å²) >= 11 is 0. The van der Waals surface area contributed by atoms with Gasteiger partial charge < -0.3 is 15.2 Å². The van der Waals surface area contributed by atoms with Crippen LogP contribution in [0, 0.1) is 0 Å². The molecule has 1 atom stereocenters. The first-order chi connectivity index (χ1) is 9.54. The summed E-state index contributed by atoms with van der Waals surface area (Å²) < 4.78 is 37.1. The average molecular weight is 300 g/mol. The van der Waals surface area contributed by atoms with Crippen molar-refractivity contribution >= 4 is 10.0 Å². The fraction of sp³-hybridized carbons (Fsp3) is 0.538. The molecular formula is C13H20N2O4S. The van der Waals surface area contributed by atoms with Gasteiger partial charge in [-0.1, -0.05) is 0 Å². The van der Waals surface area contributed by atoms with Crippen molar-refractivity contribution in [2.75, 3.05) is 32.8 Å². The minimum Gasteiger partial charge on any atom is -0.492 e. The highest BCUT2D eigenvalue weighted by Gasteiger charge is 2.28. The van der Waals surface area contributed by atoms with Gasteiger partial charge in [0, 0.05) is 19.6 Å². The Kier molecular flexibility index (Phi) is 4.98. The molecule has 2 rings (SSSR count). The number of nitrogens with two attached hydrogens (primary N) is 1. The molecule has 2 N–H and O–H groups in total. The van der Waals surface area contributed by atoms with E-state index in [0.717, 1.165) is 0 Å². The van der Waals surface area contributed by atoms with Crippen LogP contribution in [0.5, 0.6) is 5.75 Å². The summed E-state index contributed by atoms with van der Waals surface area (Å²) in [6.07, 6.45) is -0.0781. The van der Waals surface area contributed by atoms with Crippen molar-refractivity contribution in [2.45, 2.75) is 17.9 Å². The lowest BCUT2D eigenvalue weighted by Crippen LogP contribution is -2.44. The van der Waals surface area contributed by atoms with Crippen molar-refractivity contribution in [2.24, 2.45) is 5.73 Å². The molecule has 7 heteroatoms. The molecule has 1 aliphatic rings. The zero-order valence-electron chi connectivity index (χ0n) is 11.5. The zero-order valence-corrected chi connectivity index (χ0v) is 12.3. The zero-order chi connectivity index (χ0) is 14.6. The highest BCUT2D eigenvalue weighted by Crippen LogP contribution is 2.21. The summed E-state index contributed by atoms with van der Waals surface area (Å²) in [4.78, 5) is 0.270. The predicted octanol–water partition coefficient (Wildman–Crippen LogP) is 0.434.